The standard InChI is InChI=1S/C12H21N3O4/c1-7(2)15-18-6-8-9(10(16)13-8)14-11(17)19-12(3,4)5/h8-9H,6H2,1-5H3,(H,13,16)(H,14,17)/t8-,9+/m0/s1. The molecule has 1 saturated heterocycles. The lowest BCUT2D eigenvalue weighted by Gasteiger charge is -2.36. The van der Waals surface area contributed by atoms with E-state index in [2.05, 4.69) is 15.8 Å². The molecule has 1 rings (SSSR count). The van der Waals surface area contributed by atoms with Gasteiger partial charge in [-0.15, -0.1) is 0 Å². The number of ether oxygens (including phenoxy) is 1. The van der Waals surface area contributed by atoms with Crippen molar-refractivity contribution in [3.05, 3.63) is 0 Å². The van der Waals surface area contributed by atoms with Gasteiger partial charge >= 0.3 is 6.09 Å². The number of rotatable bonds is 4. The maximum atomic E-state index is 11.6. The molecular formula is C12H21N3O4. The number of nitrogens with zero attached hydrogens (tertiary/aromatic N) is 1. The van der Waals surface area contributed by atoms with Crippen LogP contribution in [0.4, 0.5) is 4.79 Å². The van der Waals surface area contributed by atoms with Gasteiger partial charge in [0.1, 0.15) is 18.2 Å². The van der Waals surface area contributed by atoms with Gasteiger partial charge in [0.25, 0.3) is 0 Å². The Morgan fingerprint density at radius 3 is 2.53 bits per heavy atom. The van der Waals surface area contributed by atoms with Crippen molar-refractivity contribution >= 4 is 17.7 Å². The molecule has 7 heteroatoms. The normalized spacial score (nSPS) is 21.8. The van der Waals surface area contributed by atoms with Crippen molar-refractivity contribution in [1.29, 1.82) is 0 Å². The first-order valence-corrected chi connectivity index (χ1v) is 6.12. The zero-order chi connectivity index (χ0) is 14.6. The average Bonchev–Trinajstić information content (AvgIpc) is 2.22. The number of β-lactam (4-membered cyclic amide) rings is 1. The molecule has 2 atom stereocenters. The molecule has 0 unspecified atom stereocenters. The predicted molar refractivity (Wildman–Crippen MR) is 69.8 cm³/mol. The van der Waals surface area contributed by atoms with Crippen molar-refractivity contribution in [2.24, 2.45) is 5.16 Å². The van der Waals surface area contributed by atoms with Crippen LogP contribution in [-0.2, 0) is 14.4 Å². The van der Waals surface area contributed by atoms with Gasteiger partial charge in [0.2, 0.25) is 5.91 Å². The van der Waals surface area contributed by atoms with E-state index in [1.54, 1.807) is 34.6 Å². The van der Waals surface area contributed by atoms with Crippen LogP contribution in [0.2, 0.25) is 0 Å². The molecule has 0 aliphatic carbocycles. The molecule has 7 nitrogen and oxygen atoms in total. The number of hydrogen-bond donors (Lipinski definition) is 2. The second kappa shape index (κ2) is 5.90. The largest absolute Gasteiger partial charge is 0.444 e. The quantitative estimate of drug-likeness (QED) is 0.449. The lowest BCUT2D eigenvalue weighted by Crippen LogP contribution is -2.70. The third-order valence-electron chi connectivity index (χ3n) is 2.19. The number of carbonyl (C=O) groups excluding carboxylic acids is 2. The van der Waals surface area contributed by atoms with Gasteiger partial charge in [-0.25, -0.2) is 4.79 Å². The Morgan fingerprint density at radius 1 is 1.42 bits per heavy atom. The first kappa shape index (κ1) is 15.3. The highest BCUT2D eigenvalue weighted by molar-refractivity contribution is 5.92. The fourth-order valence-corrected chi connectivity index (χ4v) is 1.43. The number of amides is 2. The van der Waals surface area contributed by atoms with Crippen molar-refractivity contribution in [2.45, 2.75) is 52.3 Å². The van der Waals surface area contributed by atoms with Gasteiger partial charge in [-0.2, -0.15) is 0 Å². The third-order valence-corrected chi connectivity index (χ3v) is 2.19. The molecule has 1 fully saturated rings. The first-order valence-electron chi connectivity index (χ1n) is 6.12. The number of alkyl carbamates (subject to hydrolysis) is 1. The summed E-state index contributed by atoms with van der Waals surface area (Å²) in [6.07, 6.45) is -0.618. The van der Waals surface area contributed by atoms with Crippen molar-refractivity contribution in [2.75, 3.05) is 6.61 Å². The van der Waals surface area contributed by atoms with Gasteiger partial charge in [0, 0.05) is 0 Å². The van der Waals surface area contributed by atoms with Crippen LogP contribution in [0.25, 0.3) is 0 Å². The SMILES string of the molecule is CC(C)=NOC[C@@H]1NC(=O)[C@@H]1NC(=O)OC(C)(C)C. The highest BCUT2D eigenvalue weighted by Crippen LogP contribution is 2.10. The Balaban J connectivity index is 2.41. The van der Waals surface area contributed by atoms with E-state index in [-0.39, 0.29) is 18.6 Å². The molecule has 0 bridgehead atoms. The summed E-state index contributed by atoms with van der Waals surface area (Å²) >= 11 is 0. The van der Waals surface area contributed by atoms with Crippen molar-refractivity contribution in [3.63, 3.8) is 0 Å². The smallest absolute Gasteiger partial charge is 0.408 e. The van der Waals surface area contributed by atoms with E-state index in [4.69, 9.17) is 9.57 Å². The monoisotopic (exact) mass is 271 g/mol. The molecule has 1 heterocycles. The Labute approximate surface area is 112 Å². The highest BCUT2D eigenvalue weighted by atomic mass is 16.6. The topological polar surface area (TPSA) is 89.0 Å². The molecule has 1 aliphatic rings. The molecule has 0 aromatic carbocycles. The van der Waals surface area contributed by atoms with Gasteiger partial charge < -0.3 is 20.2 Å². The third kappa shape index (κ3) is 5.15. The van der Waals surface area contributed by atoms with Crippen LogP contribution in [0, 0.1) is 0 Å². The van der Waals surface area contributed by atoms with E-state index in [1.165, 1.54) is 0 Å². The summed E-state index contributed by atoms with van der Waals surface area (Å²) in [4.78, 5) is 28.0. The highest BCUT2D eigenvalue weighted by Gasteiger charge is 2.41. The van der Waals surface area contributed by atoms with Crippen molar-refractivity contribution in [1.82, 2.24) is 10.6 Å². The predicted octanol–water partition coefficient (Wildman–Crippen LogP) is 0.790. The van der Waals surface area contributed by atoms with Crippen LogP contribution < -0.4 is 10.6 Å². The molecule has 2 N–H and O–H groups in total. The molecule has 0 spiro atoms. The summed E-state index contributed by atoms with van der Waals surface area (Å²) in [5, 5.41) is 8.91. The fourth-order valence-electron chi connectivity index (χ4n) is 1.43. The minimum absolute atomic E-state index is 0.206. The number of hydrogen-bond acceptors (Lipinski definition) is 5. The molecule has 0 aromatic heterocycles. The lowest BCUT2D eigenvalue weighted by atomic mass is 10.0. The lowest BCUT2D eigenvalue weighted by molar-refractivity contribution is -0.133. The zero-order valence-electron chi connectivity index (χ0n) is 11.9. The Bertz CT molecular complexity index is 383. The second-order valence-corrected chi connectivity index (χ2v) is 5.57. The first-order chi connectivity index (χ1) is 8.69. The second-order valence-electron chi connectivity index (χ2n) is 5.57. The van der Waals surface area contributed by atoms with E-state index in [0.717, 1.165) is 5.71 Å². The Kier molecular flexibility index (Phi) is 4.74. The summed E-state index contributed by atoms with van der Waals surface area (Å²) < 4.78 is 5.09. The molecule has 0 radical (unpaired) electrons. The molecule has 19 heavy (non-hydrogen) atoms. The molecule has 0 saturated carbocycles. The van der Waals surface area contributed by atoms with Crippen LogP contribution in [-0.4, -0.2) is 42.0 Å². The summed E-state index contributed by atoms with van der Waals surface area (Å²) in [5.74, 6) is -0.253. The molecule has 2 amide bonds. The van der Waals surface area contributed by atoms with Crippen LogP contribution in [0.1, 0.15) is 34.6 Å². The van der Waals surface area contributed by atoms with Gasteiger partial charge in [-0.1, -0.05) is 5.16 Å². The molecule has 0 aromatic rings. The summed E-state index contributed by atoms with van der Waals surface area (Å²) in [6.45, 7) is 9.08. The van der Waals surface area contributed by atoms with E-state index >= 15 is 0 Å². The molecule has 1 aliphatic heterocycles. The minimum atomic E-state index is -0.637. The minimum Gasteiger partial charge on any atom is -0.444 e. The van der Waals surface area contributed by atoms with E-state index in [0.29, 0.717) is 0 Å². The van der Waals surface area contributed by atoms with Crippen molar-refractivity contribution < 1.29 is 19.2 Å². The number of carbonyl (C=O) groups is 2. The van der Waals surface area contributed by atoms with Crippen LogP contribution in [0.3, 0.4) is 0 Å². The van der Waals surface area contributed by atoms with Crippen LogP contribution in [0.15, 0.2) is 5.16 Å². The summed E-state index contributed by atoms with van der Waals surface area (Å²) in [7, 11) is 0. The van der Waals surface area contributed by atoms with E-state index < -0.39 is 17.7 Å². The maximum Gasteiger partial charge on any atom is 0.408 e. The van der Waals surface area contributed by atoms with E-state index in [9.17, 15) is 9.59 Å². The average molecular weight is 271 g/mol. The van der Waals surface area contributed by atoms with Crippen LogP contribution in [0.5, 0.6) is 0 Å². The summed E-state index contributed by atoms with van der Waals surface area (Å²) in [5.41, 5.74) is 0.183. The zero-order valence-corrected chi connectivity index (χ0v) is 11.9. The van der Waals surface area contributed by atoms with Gasteiger partial charge in [0.15, 0.2) is 0 Å². The number of oxime groups is 1. The van der Waals surface area contributed by atoms with Crippen LogP contribution >= 0.6 is 0 Å². The Morgan fingerprint density at radius 2 is 2.05 bits per heavy atom. The Hall–Kier alpha value is -1.79. The van der Waals surface area contributed by atoms with Gasteiger partial charge in [0.05, 0.1) is 11.8 Å². The fraction of sp³-hybridized carbons (Fsp3) is 0.750. The maximum absolute atomic E-state index is 11.6. The van der Waals surface area contributed by atoms with Gasteiger partial charge in [-0.3, -0.25) is 4.79 Å². The number of nitrogens with one attached hydrogen (secondary N) is 2. The van der Waals surface area contributed by atoms with E-state index in [1.807, 2.05) is 0 Å². The molecular weight excluding hydrogens is 250 g/mol. The van der Waals surface area contributed by atoms with Crippen molar-refractivity contribution in [3.8, 4) is 0 Å². The summed E-state index contributed by atoms with van der Waals surface area (Å²) in [6, 6.07) is -0.926. The molecule has 108 valence electrons. The van der Waals surface area contributed by atoms with Gasteiger partial charge in [-0.05, 0) is 34.6 Å².